The Balaban J connectivity index is 1.24. The van der Waals surface area contributed by atoms with E-state index in [0.717, 1.165) is 0 Å². The van der Waals surface area contributed by atoms with Crippen molar-refractivity contribution in [2.24, 2.45) is 0 Å². The normalized spacial score (nSPS) is 28.4. The van der Waals surface area contributed by atoms with Crippen LogP contribution in [-0.4, -0.2) is 16.1 Å². The highest BCUT2D eigenvalue weighted by Crippen LogP contribution is 2.53. The van der Waals surface area contributed by atoms with Crippen LogP contribution < -0.4 is 4.90 Å². The average molecular weight is 431 g/mol. The third-order valence-corrected chi connectivity index (χ3v) is 8.54. The van der Waals surface area contributed by atoms with Gasteiger partial charge in [0.25, 0.3) is 0 Å². The van der Waals surface area contributed by atoms with E-state index < -0.39 is 0 Å². The summed E-state index contributed by atoms with van der Waals surface area (Å²) in [5.74, 6) is 0.453. The van der Waals surface area contributed by atoms with Gasteiger partial charge >= 0.3 is 0 Å². The lowest BCUT2D eigenvalue weighted by atomic mass is 9.79. The third-order valence-electron chi connectivity index (χ3n) is 8.54. The van der Waals surface area contributed by atoms with Crippen molar-refractivity contribution < 1.29 is 0 Å². The zero-order valence-corrected chi connectivity index (χ0v) is 19.2. The van der Waals surface area contributed by atoms with E-state index in [-0.39, 0.29) is 5.54 Å². The Hall–Kier alpha value is -3.26. The van der Waals surface area contributed by atoms with Crippen molar-refractivity contribution in [3.05, 3.63) is 103 Å². The second-order valence-electron chi connectivity index (χ2n) is 10.2. The van der Waals surface area contributed by atoms with Gasteiger partial charge < -0.3 is 9.47 Å². The molecule has 1 saturated carbocycles. The van der Waals surface area contributed by atoms with E-state index >= 15 is 0 Å². The lowest BCUT2D eigenvalue weighted by Crippen LogP contribution is -2.51. The Bertz CT molecular complexity index is 1360. The van der Waals surface area contributed by atoms with E-state index in [1.54, 1.807) is 0 Å². The summed E-state index contributed by atoms with van der Waals surface area (Å²) in [5.41, 5.74) is 5.76. The molecule has 7 rings (SSSR count). The van der Waals surface area contributed by atoms with E-state index in [1.807, 2.05) is 0 Å². The van der Waals surface area contributed by atoms with Gasteiger partial charge in [-0.1, -0.05) is 78.9 Å². The Kier molecular flexibility index (Phi) is 4.15. The summed E-state index contributed by atoms with van der Waals surface area (Å²) < 4.78 is 2.65. The summed E-state index contributed by atoms with van der Waals surface area (Å²) in [4.78, 5) is 2.77. The molecule has 0 bridgehead atoms. The minimum Gasteiger partial charge on any atom is -0.358 e. The zero-order valence-electron chi connectivity index (χ0n) is 19.2. The maximum atomic E-state index is 2.77. The van der Waals surface area contributed by atoms with Crippen molar-refractivity contribution in [2.75, 3.05) is 4.90 Å². The van der Waals surface area contributed by atoms with Gasteiger partial charge in [0.2, 0.25) is 0 Å². The van der Waals surface area contributed by atoms with Crippen molar-refractivity contribution in [2.45, 2.75) is 56.1 Å². The van der Waals surface area contributed by atoms with Crippen LogP contribution in [0.15, 0.2) is 97.1 Å². The molecule has 0 spiro atoms. The first-order valence-electron chi connectivity index (χ1n) is 12.5. The molecular weight excluding hydrogens is 400 g/mol. The van der Waals surface area contributed by atoms with E-state index in [9.17, 15) is 0 Å². The van der Waals surface area contributed by atoms with E-state index in [2.05, 4.69) is 113 Å². The quantitative estimate of drug-likeness (QED) is 0.315. The molecule has 2 heterocycles. The zero-order chi connectivity index (χ0) is 22.0. The number of rotatable bonds is 2. The molecule has 2 heteroatoms. The molecule has 2 atom stereocenters. The van der Waals surface area contributed by atoms with Gasteiger partial charge in [0.05, 0.1) is 5.54 Å². The minimum atomic E-state index is 0.0444. The molecule has 1 fully saturated rings. The summed E-state index contributed by atoms with van der Waals surface area (Å²) in [7, 11) is 0. The van der Waals surface area contributed by atoms with Gasteiger partial charge in [0.15, 0.2) is 0 Å². The monoisotopic (exact) mass is 430 g/mol. The van der Waals surface area contributed by atoms with Gasteiger partial charge in [0.1, 0.15) is 0 Å². The number of allylic oxidation sites excluding steroid dienone is 2. The first kappa shape index (κ1) is 19.2. The highest BCUT2D eigenvalue weighted by molar-refractivity contribution is 6.08. The number of anilines is 1. The fourth-order valence-electron chi connectivity index (χ4n) is 7.11. The summed E-state index contributed by atoms with van der Waals surface area (Å²) in [5, 5.41) is 2.77. The van der Waals surface area contributed by atoms with E-state index in [0.29, 0.717) is 18.0 Å². The topological polar surface area (TPSA) is 8.17 Å². The number of benzene rings is 3. The first-order chi connectivity index (χ1) is 16.3. The minimum absolute atomic E-state index is 0.0444. The molecule has 4 aromatic rings. The molecule has 0 radical (unpaired) electrons. The molecule has 0 saturated heterocycles. The SMILES string of the molecule is CC12C=CC=CC1c1ccccc1N2C1CCC(n2c3ccccc3c3ccccc32)CC1. The van der Waals surface area contributed by atoms with Crippen molar-refractivity contribution in [1.82, 2.24) is 4.57 Å². The average Bonchev–Trinajstić information content (AvgIpc) is 3.34. The first-order valence-corrected chi connectivity index (χ1v) is 12.5. The van der Waals surface area contributed by atoms with Crippen molar-refractivity contribution in [3.63, 3.8) is 0 Å². The predicted octanol–water partition coefficient (Wildman–Crippen LogP) is 7.77. The lowest BCUT2D eigenvalue weighted by Gasteiger charge is -2.46. The van der Waals surface area contributed by atoms with Crippen molar-refractivity contribution >= 4 is 27.5 Å². The van der Waals surface area contributed by atoms with Gasteiger partial charge in [-0.05, 0) is 56.4 Å². The molecule has 2 nitrogen and oxygen atoms in total. The van der Waals surface area contributed by atoms with Crippen LogP contribution in [-0.2, 0) is 0 Å². The Labute approximate surface area is 195 Å². The fraction of sp³-hybridized carbons (Fsp3) is 0.290. The van der Waals surface area contributed by atoms with Crippen molar-refractivity contribution in [3.8, 4) is 0 Å². The highest BCUT2D eigenvalue weighted by atomic mass is 15.3. The van der Waals surface area contributed by atoms with Crippen LogP contribution in [0.3, 0.4) is 0 Å². The summed E-state index contributed by atoms with van der Waals surface area (Å²) in [6.07, 6.45) is 14.3. The van der Waals surface area contributed by atoms with Gasteiger partial charge in [-0.15, -0.1) is 0 Å². The maximum absolute atomic E-state index is 2.77. The summed E-state index contributed by atoms with van der Waals surface area (Å²) >= 11 is 0. The van der Waals surface area contributed by atoms with Gasteiger partial charge in [0, 0.05) is 45.5 Å². The molecule has 33 heavy (non-hydrogen) atoms. The Morgan fingerprint density at radius 1 is 0.697 bits per heavy atom. The molecule has 3 aliphatic rings. The largest absolute Gasteiger partial charge is 0.358 e. The van der Waals surface area contributed by atoms with Crippen LogP contribution in [0.25, 0.3) is 21.8 Å². The standard InChI is InChI=1S/C31H30N2/c1-31-21-9-8-13-27(31)26-12-4-7-16-30(26)33(31)23-19-17-22(18-20-23)32-28-14-5-2-10-24(28)25-11-3-6-15-29(25)32/h2-16,21-23,27H,17-20H2,1H3. The van der Waals surface area contributed by atoms with Crippen molar-refractivity contribution in [1.29, 1.82) is 0 Å². The predicted molar refractivity (Wildman–Crippen MR) is 139 cm³/mol. The number of aromatic nitrogens is 1. The van der Waals surface area contributed by atoms with Gasteiger partial charge in [-0.25, -0.2) is 0 Å². The smallest absolute Gasteiger partial charge is 0.0666 e. The number of fused-ring (bicyclic) bond motifs is 6. The molecule has 0 N–H and O–H groups in total. The number of para-hydroxylation sites is 3. The highest BCUT2D eigenvalue weighted by Gasteiger charge is 2.49. The second-order valence-corrected chi connectivity index (χ2v) is 10.2. The molecule has 1 aliphatic heterocycles. The molecule has 3 aromatic carbocycles. The Morgan fingerprint density at radius 2 is 1.30 bits per heavy atom. The number of nitrogens with zero attached hydrogens (tertiary/aromatic N) is 2. The van der Waals surface area contributed by atoms with Crippen LogP contribution in [0.2, 0.25) is 0 Å². The second kappa shape index (κ2) is 7.12. The van der Waals surface area contributed by atoms with Crippen LogP contribution >= 0.6 is 0 Å². The van der Waals surface area contributed by atoms with E-state index in [4.69, 9.17) is 0 Å². The molecule has 164 valence electrons. The maximum Gasteiger partial charge on any atom is 0.0666 e. The molecule has 2 unspecified atom stereocenters. The van der Waals surface area contributed by atoms with Crippen LogP contribution in [0.1, 0.15) is 50.1 Å². The lowest BCUT2D eigenvalue weighted by molar-refractivity contribution is 0.299. The molecule has 0 amide bonds. The summed E-state index contributed by atoms with van der Waals surface area (Å²) in [6, 6.07) is 28.2. The van der Waals surface area contributed by atoms with Crippen LogP contribution in [0.5, 0.6) is 0 Å². The van der Waals surface area contributed by atoms with Crippen LogP contribution in [0.4, 0.5) is 5.69 Å². The van der Waals surface area contributed by atoms with Gasteiger partial charge in [-0.2, -0.15) is 0 Å². The molecular formula is C31H30N2. The number of hydrogen-bond donors (Lipinski definition) is 0. The number of hydrogen-bond acceptors (Lipinski definition) is 1. The van der Waals surface area contributed by atoms with Crippen LogP contribution in [0, 0.1) is 0 Å². The molecule has 2 aliphatic carbocycles. The fourth-order valence-corrected chi connectivity index (χ4v) is 7.11. The molecule has 1 aromatic heterocycles. The van der Waals surface area contributed by atoms with Gasteiger partial charge in [-0.3, -0.25) is 0 Å². The summed E-state index contributed by atoms with van der Waals surface area (Å²) in [6.45, 7) is 2.44. The van der Waals surface area contributed by atoms with E-state index in [1.165, 1.54) is 58.7 Å². The Morgan fingerprint density at radius 3 is 2.03 bits per heavy atom. The third kappa shape index (κ3) is 2.67.